The fraction of sp³-hybridized carbons (Fsp3) is 0.625. The number of nitrogens with zero attached hydrogens (tertiary/aromatic N) is 3. The Morgan fingerprint density at radius 2 is 1.92 bits per heavy atom. The number of alkyl halides is 3. The van der Waals surface area contributed by atoms with E-state index in [4.69, 9.17) is 0 Å². The van der Waals surface area contributed by atoms with Crippen LogP contribution in [0.5, 0.6) is 0 Å². The van der Waals surface area contributed by atoms with Crippen molar-refractivity contribution in [3.05, 3.63) is 29.1 Å². The second kappa shape index (κ2) is 7.88. The maximum Gasteiger partial charge on any atom is 0.433 e. The molecule has 1 aromatic heterocycles. The summed E-state index contributed by atoms with van der Waals surface area (Å²) in [4.78, 5) is 20.3. The van der Waals surface area contributed by atoms with Crippen LogP contribution in [-0.4, -0.2) is 66.0 Å². The minimum absolute atomic E-state index is 0. The number of carbonyl (C=O) groups is 1. The van der Waals surface area contributed by atoms with E-state index in [1.165, 1.54) is 13.0 Å². The number of nitrogens with one attached hydrogen (secondary N) is 1. The van der Waals surface area contributed by atoms with Gasteiger partial charge in [-0.15, -0.1) is 12.4 Å². The molecule has 2 aliphatic rings. The van der Waals surface area contributed by atoms with E-state index in [0.717, 1.165) is 38.7 Å². The van der Waals surface area contributed by atoms with Gasteiger partial charge in [0.1, 0.15) is 5.69 Å². The van der Waals surface area contributed by atoms with Gasteiger partial charge in [0.05, 0.1) is 11.3 Å². The molecule has 3 rings (SSSR count). The van der Waals surface area contributed by atoms with Gasteiger partial charge in [-0.2, -0.15) is 13.2 Å². The first-order chi connectivity index (χ1) is 11.4. The molecule has 3 heterocycles. The Labute approximate surface area is 151 Å². The Morgan fingerprint density at radius 1 is 1.24 bits per heavy atom. The Morgan fingerprint density at radius 3 is 2.52 bits per heavy atom. The van der Waals surface area contributed by atoms with Crippen molar-refractivity contribution in [2.45, 2.75) is 25.6 Å². The summed E-state index contributed by atoms with van der Waals surface area (Å²) in [6.45, 7) is 6.54. The van der Waals surface area contributed by atoms with Crippen LogP contribution in [0.25, 0.3) is 0 Å². The normalized spacial score (nSPS) is 21.9. The molecule has 25 heavy (non-hydrogen) atoms. The molecule has 9 heteroatoms. The van der Waals surface area contributed by atoms with E-state index in [1.54, 1.807) is 4.90 Å². The van der Waals surface area contributed by atoms with Crippen molar-refractivity contribution in [3.63, 3.8) is 0 Å². The molecule has 0 spiro atoms. The lowest BCUT2D eigenvalue weighted by atomic mass is 10.1. The molecule has 0 bridgehead atoms. The first-order valence-corrected chi connectivity index (χ1v) is 8.15. The quantitative estimate of drug-likeness (QED) is 0.854. The number of likely N-dealkylation sites (tertiary alicyclic amines) is 1. The summed E-state index contributed by atoms with van der Waals surface area (Å²) < 4.78 is 38.1. The molecule has 0 radical (unpaired) electrons. The zero-order chi connectivity index (χ0) is 17.3. The molecule has 140 valence electrons. The van der Waals surface area contributed by atoms with Crippen LogP contribution in [0.2, 0.25) is 0 Å². The Balaban J connectivity index is 0.00000225. The minimum Gasteiger partial charge on any atom is -0.337 e. The van der Waals surface area contributed by atoms with Gasteiger partial charge in [-0.25, -0.2) is 4.98 Å². The fourth-order valence-corrected chi connectivity index (χ4v) is 3.39. The lowest BCUT2D eigenvalue weighted by molar-refractivity contribution is -0.141. The number of halogens is 4. The minimum atomic E-state index is -4.49. The average molecular weight is 379 g/mol. The zero-order valence-electron chi connectivity index (χ0n) is 14.0. The predicted molar refractivity (Wildman–Crippen MR) is 90.0 cm³/mol. The first kappa shape index (κ1) is 19.9. The van der Waals surface area contributed by atoms with Crippen LogP contribution >= 0.6 is 12.4 Å². The molecule has 2 aliphatic heterocycles. The number of aromatic nitrogens is 1. The topological polar surface area (TPSA) is 48.5 Å². The van der Waals surface area contributed by atoms with Gasteiger partial charge >= 0.3 is 6.18 Å². The maximum atomic E-state index is 12.7. The summed E-state index contributed by atoms with van der Waals surface area (Å²) in [6, 6.07) is 2.45. The molecule has 5 nitrogen and oxygen atoms in total. The van der Waals surface area contributed by atoms with Crippen molar-refractivity contribution in [3.8, 4) is 0 Å². The number of aryl methyl sites for hydroxylation is 1. The van der Waals surface area contributed by atoms with E-state index >= 15 is 0 Å². The third kappa shape index (κ3) is 4.43. The van der Waals surface area contributed by atoms with E-state index in [1.807, 2.05) is 0 Å². The van der Waals surface area contributed by atoms with E-state index in [9.17, 15) is 18.0 Å². The highest BCUT2D eigenvalue weighted by molar-refractivity contribution is 5.95. The van der Waals surface area contributed by atoms with Crippen molar-refractivity contribution < 1.29 is 18.0 Å². The maximum absolute atomic E-state index is 12.7. The Hall–Kier alpha value is -1.38. The van der Waals surface area contributed by atoms with Crippen LogP contribution in [0, 0.1) is 6.92 Å². The molecule has 2 fully saturated rings. The van der Waals surface area contributed by atoms with Crippen molar-refractivity contribution in [2.24, 2.45) is 0 Å². The number of carbonyl (C=O) groups excluding carboxylic acids is 1. The monoisotopic (exact) mass is 378 g/mol. The van der Waals surface area contributed by atoms with Gasteiger partial charge in [0.25, 0.3) is 5.91 Å². The van der Waals surface area contributed by atoms with Crippen LogP contribution in [0.1, 0.15) is 28.2 Å². The highest BCUT2D eigenvalue weighted by Crippen LogP contribution is 2.28. The fourth-order valence-electron chi connectivity index (χ4n) is 3.39. The van der Waals surface area contributed by atoms with Gasteiger partial charge in [-0.05, 0) is 25.5 Å². The van der Waals surface area contributed by atoms with Gasteiger partial charge in [0, 0.05) is 45.3 Å². The summed E-state index contributed by atoms with van der Waals surface area (Å²) in [7, 11) is 0. The molecular weight excluding hydrogens is 357 g/mol. The highest BCUT2D eigenvalue weighted by atomic mass is 35.5. The van der Waals surface area contributed by atoms with E-state index in [2.05, 4.69) is 15.2 Å². The Bertz CT molecular complexity index is 620. The Kier molecular flexibility index (Phi) is 6.29. The van der Waals surface area contributed by atoms with Gasteiger partial charge in [0.2, 0.25) is 0 Å². The van der Waals surface area contributed by atoms with E-state index in [-0.39, 0.29) is 29.6 Å². The number of rotatable bonds is 2. The van der Waals surface area contributed by atoms with Gasteiger partial charge in [-0.3, -0.25) is 9.69 Å². The highest BCUT2D eigenvalue weighted by Gasteiger charge is 2.35. The van der Waals surface area contributed by atoms with Crippen LogP contribution in [0.4, 0.5) is 13.2 Å². The number of hydrogen-bond acceptors (Lipinski definition) is 4. The van der Waals surface area contributed by atoms with E-state index in [0.29, 0.717) is 19.1 Å². The van der Waals surface area contributed by atoms with Crippen LogP contribution in [0.3, 0.4) is 0 Å². The summed E-state index contributed by atoms with van der Waals surface area (Å²) >= 11 is 0. The molecule has 0 saturated carbocycles. The summed E-state index contributed by atoms with van der Waals surface area (Å²) in [6.07, 6.45) is -3.59. The largest absolute Gasteiger partial charge is 0.433 e. The van der Waals surface area contributed by atoms with Crippen molar-refractivity contribution in [1.82, 2.24) is 20.1 Å². The number of hydrogen-bond donors (Lipinski definition) is 1. The molecule has 1 amide bonds. The third-order valence-electron chi connectivity index (χ3n) is 4.73. The van der Waals surface area contributed by atoms with Crippen LogP contribution in [-0.2, 0) is 6.18 Å². The third-order valence-corrected chi connectivity index (χ3v) is 4.73. The molecule has 1 atom stereocenters. The first-order valence-electron chi connectivity index (χ1n) is 8.15. The summed E-state index contributed by atoms with van der Waals surface area (Å²) in [5.41, 5.74) is -0.582. The lowest BCUT2D eigenvalue weighted by Crippen LogP contribution is -2.49. The number of amides is 1. The van der Waals surface area contributed by atoms with Crippen molar-refractivity contribution >= 4 is 18.3 Å². The summed E-state index contributed by atoms with van der Waals surface area (Å²) in [5.74, 6) is -0.230. The van der Waals surface area contributed by atoms with Gasteiger partial charge in [-0.1, -0.05) is 0 Å². The SMILES string of the molecule is Cc1nc(C(F)(F)F)ccc1C(=O)N1CCC(N2CCNCC2)C1.Cl. The molecule has 1 aromatic rings. The van der Waals surface area contributed by atoms with E-state index < -0.39 is 11.9 Å². The molecule has 1 unspecified atom stereocenters. The molecule has 2 saturated heterocycles. The molecule has 1 N–H and O–H groups in total. The van der Waals surface area contributed by atoms with Crippen molar-refractivity contribution in [1.29, 1.82) is 0 Å². The zero-order valence-corrected chi connectivity index (χ0v) is 14.8. The summed E-state index contributed by atoms with van der Waals surface area (Å²) in [5, 5.41) is 3.30. The van der Waals surface area contributed by atoms with Gasteiger partial charge < -0.3 is 10.2 Å². The standard InChI is InChI=1S/C16H21F3N4O.ClH/c1-11-13(2-3-14(21-11)16(17,18)19)15(24)23-7-4-12(10-23)22-8-5-20-6-9-22;/h2-3,12,20H,4-10H2,1H3;1H. The van der Waals surface area contributed by atoms with Gasteiger partial charge in [0.15, 0.2) is 0 Å². The molecular formula is C16H22ClF3N4O. The number of pyridine rings is 1. The molecule has 0 aromatic carbocycles. The lowest BCUT2D eigenvalue weighted by Gasteiger charge is -2.32. The second-order valence-corrected chi connectivity index (χ2v) is 6.31. The smallest absolute Gasteiger partial charge is 0.337 e. The molecule has 0 aliphatic carbocycles. The van der Waals surface area contributed by atoms with Crippen molar-refractivity contribution in [2.75, 3.05) is 39.3 Å². The second-order valence-electron chi connectivity index (χ2n) is 6.31. The number of piperazine rings is 1. The average Bonchev–Trinajstić information content (AvgIpc) is 3.04. The predicted octanol–water partition coefficient (Wildman–Crippen LogP) is 1.95. The van der Waals surface area contributed by atoms with Crippen LogP contribution in [0.15, 0.2) is 12.1 Å². The van der Waals surface area contributed by atoms with Crippen LogP contribution < -0.4 is 5.32 Å².